The zero-order valence-corrected chi connectivity index (χ0v) is 7.14. The molecule has 0 aliphatic rings. The van der Waals surface area contributed by atoms with E-state index in [-0.39, 0.29) is 12.4 Å². The third kappa shape index (κ3) is 1.38. The van der Waals surface area contributed by atoms with E-state index in [1.807, 2.05) is 0 Å². The number of fused-ring (bicyclic) bond motifs is 1. The number of rotatable bonds is 2. The smallest absolute Gasteiger partial charge is 0.177 e. The molecule has 0 atom stereocenters. The molecule has 0 aliphatic carbocycles. The lowest BCUT2D eigenvalue weighted by atomic mass is 10.3. The highest BCUT2D eigenvalue weighted by atomic mass is 19.1. The SMILES string of the molecule is C#CCOn1nnc2ccc(F)cc21. The highest BCUT2D eigenvalue weighted by Crippen LogP contribution is 2.11. The minimum absolute atomic E-state index is 0.0645. The Morgan fingerprint density at radius 1 is 1.57 bits per heavy atom. The molecule has 70 valence electrons. The van der Waals surface area contributed by atoms with Crippen molar-refractivity contribution in [2.45, 2.75) is 0 Å². The van der Waals surface area contributed by atoms with Crippen LogP contribution in [0.1, 0.15) is 0 Å². The van der Waals surface area contributed by atoms with Crippen molar-refractivity contribution in [1.82, 2.24) is 15.2 Å². The van der Waals surface area contributed by atoms with Gasteiger partial charge in [-0.15, -0.1) is 11.5 Å². The Bertz CT molecular complexity index is 500. The molecule has 5 heteroatoms. The van der Waals surface area contributed by atoms with Gasteiger partial charge in [0.1, 0.15) is 16.9 Å². The van der Waals surface area contributed by atoms with Crippen LogP contribution in [0.2, 0.25) is 0 Å². The van der Waals surface area contributed by atoms with Crippen LogP contribution in [0.3, 0.4) is 0 Å². The molecule has 0 fully saturated rings. The van der Waals surface area contributed by atoms with Crippen LogP contribution in [-0.2, 0) is 0 Å². The molecule has 0 saturated heterocycles. The number of hydrogen-bond acceptors (Lipinski definition) is 3. The maximum absolute atomic E-state index is 12.9. The molecule has 0 radical (unpaired) electrons. The summed E-state index contributed by atoms with van der Waals surface area (Å²) in [5, 5.41) is 7.42. The normalized spacial score (nSPS) is 10.0. The summed E-state index contributed by atoms with van der Waals surface area (Å²) in [5.74, 6) is 1.91. The quantitative estimate of drug-likeness (QED) is 0.654. The second-order valence-electron chi connectivity index (χ2n) is 2.57. The van der Waals surface area contributed by atoms with Crippen LogP contribution >= 0.6 is 0 Å². The van der Waals surface area contributed by atoms with Gasteiger partial charge in [-0.2, -0.15) is 0 Å². The van der Waals surface area contributed by atoms with Crippen LogP contribution in [0.15, 0.2) is 18.2 Å². The predicted molar refractivity (Wildman–Crippen MR) is 47.8 cm³/mol. The van der Waals surface area contributed by atoms with Crippen LogP contribution in [0.4, 0.5) is 4.39 Å². The van der Waals surface area contributed by atoms with E-state index < -0.39 is 0 Å². The molecule has 0 spiro atoms. The van der Waals surface area contributed by atoms with Crippen molar-refractivity contribution in [2.75, 3.05) is 6.61 Å². The van der Waals surface area contributed by atoms with Gasteiger partial charge < -0.3 is 4.84 Å². The molecule has 2 aromatic rings. The van der Waals surface area contributed by atoms with Crippen LogP contribution in [0.25, 0.3) is 11.0 Å². The van der Waals surface area contributed by atoms with Crippen molar-refractivity contribution in [3.63, 3.8) is 0 Å². The van der Waals surface area contributed by atoms with Crippen molar-refractivity contribution < 1.29 is 9.23 Å². The van der Waals surface area contributed by atoms with Gasteiger partial charge in [-0.05, 0) is 17.3 Å². The number of benzene rings is 1. The Hall–Kier alpha value is -2.09. The molecule has 0 unspecified atom stereocenters. The fourth-order valence-corrected chi connectivity index (χ4v) is 1.07. The van der Waals surface area contributed by atoms with E-state index in [2.05, 4.69) is 16.2 Å². The molecule has 0 amide bonds. The number of terminal acetylenes is 1. The van der Waals surface area contributed by atoms with E-state index >= 15 is 0 Å². The average molecular weight is 191 g/mol. The van der Waals surface area contributed by atoms with E-state index in [1.54, 1.807) is 0 Å². The van der Waals surface area contributed by atoms with Gasteiger partial charge in [-0.25, -0.2) is 4.39 Å². The van der Waals surface area contributed by atoms with Gasteiger partial charge in [0.25, 0.3) is 0 Å². The van der Waals surface area contributed by atoms with Crippen LogP contribution < -0.4 is 4.84 Å². The summed E-state index contributed by atoms with van der Waals surface area (Å²) < 4.78 is 12.9. The molecule has 0 aliphatic heterocycles. The fourth-order valence-electron chi connectivity index (χ4n) is 1.07. The Kier molecular flexibility index (Phi) is 2.03. The lowest BCUT2D eigenvalue weighted by Crippen LogP contribution is -2.13. The molecule has 14 heavy (non-hydrogen) atoms. The summed E-state index contributed by atoms with van der Waals surface area (Å²) >= 11 is 0. The third-order valence-electron chi connectivity index (χ3n) is 1.65. The fraction of sp³-hybridized carbons (Fsp3) is 0.111. The molecule has 0 N–H and O–H groups in total. The van der Waals surface area contributed by atoms with Crippen molar-refractivity contribution in [2.24, 2.45) is 0 Å². The third-order valence-corrected chi connectivity index (χ3v) is 1.65. The van der Waals surface area contributed by atoms with Gasteiger partial charge in [0.2, 0.25) is 0 Å². The first-order chi connectivity index (χ1) is 6.81. The second-order valence-corrected chi connectivity index (χ2v) is 2.57. The van der Waals surface area contributed by atoms with Crippen molar-refractivity contribution in [1.29, 1.82) is 0 Å². The summed E-state index contributed by atoms with van der Waals surface area (Å²) in [6.45, 7) is 0.0645. The summed E-state index contributed by atoms with van der Waals surface area (Å²) in [5.41, 5.74) is 1.02. The van der Waals surface area contributed by atoms with Crippen molar-refractivity contribution in [3.8, 4) is 12.3 Å². The largest absolute Gasteiger partial charge is 0.382 e. The van der Waals surface area contributed by atoms with E-state index in [1.165, 1.54) is 18.2 Å². The summed E-state index contributed by atoms with van der Waals surface area (Å²) in [4.78, 5) is 6.11. The van der Waals surface area contributed by atoms with Crippen molar-refractivity contribution >= 4 is 11.0 Å². The summed E-state index contributed by atoms with van der Waals surface area (Å²) in [7, 11) is 0. The van der Waals surface area contributed by atoms with Gasteiger partial charge >= 0.3 is 0 Å². The standard InChI is InChI=1S/C9H6FN3O/c1-2-5-14-13-9-6-7(10)3-4-8(9)11-12-13/h1,3-4,6H,5H2. The topological polar surface area (TPSA) is 39.9 Å². The maximum atomic E-state index is 12.9. The molecule has 0 saturated carbocycles. The highest BCUT2D eigenvalue weighted by molar-refractivity contribution is 5.73. The number of halogens is 1. The zero-order chi connectivity index (χ0) is 9.97. The van der Waals surface area contributed by atoms with Crippen LogP contribution in [-0.4, -0.2) is 21.8 Å². The molecule has 2 rings (SSSR count). The highest BCUT2D eigenvalue weighted by Gasteiger charge is 2.05. The predicted octanol–water partition coefficient (Wildman–Crippen LogP) is 0.632. The monoisotopic (exact) mass is 191 g/mol. The first kappa shape index (κ1) is 8.51. The van der Waals surface area contributed by atoms with Crippen LogP contribution in [0.5, 0.6) is 0 Å². The van der Waals surface area contributed by atoms with E-state index in [9.17, 15) is 4.39 Å². The first-order valence-electron chi connectivity index (χ1n) is 3.89. The van der Waals surface area contributed by atoms with E-state index in [4.69, 9.17) is 11.3 Å². The minimum atomic E-state index is -0.370. The Morgan fingerprint density at radius 3 is 3.21 bits per heavy atom. The summed E-state index contributed by atoms with van der Waals surface area (Å²) in [6.07, 6.45) is 5.01. The molecule has 1 aromatic carbocycles. The van der Waals surface area contributed by atoms with E-state index in [0.717, 1.165) is 4.85 Å². The van der Waals surface area contributed by atoms with Gasteiger partial charge in [0.15, 0.2) is 6.61 Å². The zero-order valence-electron chi connectivity index (χ0n) is 7.14. The Balaban J connectivity index is 2.46. The molecule has 1 heterocycles. The maximum Gasteiger partial charge on any atom is 0.177 e. The second kappa shape index (κ2) is 3.34. The van der Waals surface area contributed by atoms with Gasteiger partial charge in [-0.3, -0.25) is 0 Å². The Labute approximate surface area is 79.2 Å². The number of nitrogens with zero attached hydrogens (tertiary/aromatic N) is 3. The molecule has 1 aromatic heterocycles. The lowest BCUT2D eigenvalue weighted by Gasteiger charge is -1.99. The minimum Gasteiger partial charge on any atom is -0.382 e. The lowest BCUT2D eigenvalue weighted by molar-refractivity contribution is 0.114. The van der Waals surface area contributed by atoms with E-state index in [0.29, 0.717) is 11.0 Å². The molecular formula is C9H6FN3O. The molecule has 4 nitrogen and oxygen atoms in total. The average Bonchev–Trinajstić information content (AvgIpc) is 2.57. The summed E-state index contributed by atoms with van der Waals surface area (Å²) in [6, 6.07) is 4.11. The van der Waals surface area contributed by atoms with Gasteiger partial charge in [0, 0.05) is 6.07 Å². The van der Waals surface area contributed by atoms with Gasteiger partial charge in [-0.1, -0.05) is 10.8 Å². The number of hydrogen-bond donors (Lipinski definition) is 0. The first-order valence-corrected chi connectivity index (χ1v) is 3.89. The van der Waals surface area contributed by atoms with Crippen molar-refractivity contribution in [3.05, 3.63) is 24.0 Å². The van der Waals surface area contributed by atoms with Gasteiger partial charge in [0.05, 0.1) is 0 Å². The Morgan fingerprint density at radius 2 is 2.43 bits per heavy atom. The molecule has 0 bridgehead atoms. The molecular weight excluding hydrogens is 185 g/mol. The van der Waals surface area contributed by atoms with Crippen LogP contribution in [0, 0.1) is 18.2 Å². The number of aromatic nitrogens is 3.